The molecule has 0 atom stereocenters. The van der Waals surface area contributed by atoms with Gasteiger partial charge in [-0.1, -0.05) is 13.2 Å². The number of nitrogens with one attached hydrogen (secondary N) is 2. The second-order valence-electron chi connectivity index (χ2n) is 2.26. The first-order valence-electron chi connectivity index (χ1n) is 4.28. The van der Waals surface area contributed by atoms with Crippen molar-refractivity contribution >= 4 is 6.03 Å². The van der Waals surface area contributed by atoms with Crippen molar-refractivity contribution in [2.75, 3.05) is 26.3 Å². The second kappa shape index (κ2) is 9.44. The van der Waals surface area contributed by atoms with Crippen LogP contribution >= 0.6 is 0 Å². The smallest absolute Gasteiger partial charge is 0.315 e. The van der Waals surface area contributed by atoms with Gasteiger partial charge in [0.2, 0.25) is 0 Å². The average Bonchev–Trinajstić information content (AvgIpc) is 2.19. The number of amides is 2. The summed E-state index contributed by atoms with van der Waals surface area (Å²) in [7, 11) is 0. The molecular formula is C9H16N2O3. The van der Waals surface area contributed by atoms with E-state index in [1.165, 1.54) is 12.5 Å². The lowest BCUT2D eigenvalue weighted by atomic mass is 10.6. The SMILES string of the molecule is C=COCCNC(=O)NCCOC=C. The molecule has 0 fully saturated rings. The number of carbonyl (C=O) groups excluding carboxylic acids is 1. The van der Waals surface area contributed by atoms with E-state index in [9.17, 15) is 4.79 Å². The van der Waals surface area contributed by atoms with Gasteiger partial charge in [0.05, 0.1) is 25.6 Å². The molecule has 0 radical (unpaired) electrons. The molecule has 5 nitrogen and oxygen atoms in total. The third-order valence-electron chi connectivity index (χ3n) is 1.25. The number of carbonyl (C=O) groups is 1. The fraction of sp³-hybridized carbons (Fsp3) is 0.444. The van der Waals surface area contributed by atoms with Crippen molar-refractivity contribution in [1.29, 1.82) is 0 Å². The molecule has 0 aromatic carbocycles. The van der Waals surface area contributed by atoms with E-state index in [1.807, 2.05) is 0 Å². The Hall–Kier alpha value is -1.65. The van der Waals surface area contributed by atoms with Gasteiger partial charge < -0.3 is 20.1 Å². The summed E-state index contributed by atoms with van der Waals surface area (Å²) in [6, 6.07) is -0.245. The van der Waals surface area contributed by atoms with Gasteiger partial charge in [0.25, 0.3) is 0 Å². The van der Waals surface area contributed by atoms with Crippen molar-refractivity contribution in [1.82, 2.24) is 10.6 Å². The Morgan fingerprint density at radius 1 is 1.07 bits per heavy atom. The Morgan fingerprint density at radius 2 is 1.50 bits per heavy atom. The van der Waals surface area contributed by atoms with Crippen LogP contribution in [0.2, 0.25) is 0 Å². The zero-order valence-corrected chi connectivity index (χ0v) is 8.12. The molecule has 0 saturated carbocycles. The predicted octanol–water partition coefficient (Wildman–Crippen LogP) is 0.606. The Balaban J connectivity index is 3.19. The first-order valence-corrected chi connectivity index (χ1v) is 4.28. The van der Waals surface area contributed by atoms with Crippen LogP contribution in [0.15, 0.2) is 25.7 Å². The lowest BCUT2D eigenvalue weighted by Crippen LogP contribution is -2.38. The summed E-state index contributed by atoms with van der Waals surface area (Å²) in [6.45, 7) is 8.46. The molecule has 5 heteroatoms. The first kappa shape index (κ1) is 12.3. The van der Waals surface area contributed by atoms with E-state index in [4.69, 9.17) is 9.47 Å². The minimum Gasteiger partial charge on any atom is -0.500 e. The molecule has 0 aliphatic heterocycles. The van der Waals surface area contributed by atoms with Crippen molar-refractivity contribution in [3.63, 3.8) is 0 Å². The molecule has 0 aromatic heterocycles. The lowest BCUT2D eigenvalue weighted by molar-refractivity contribution is 0.218. The fourth-order valence-corrected chi connectivity index (χ4v) is 0.676. The zero-order chi connectivity index (χ0) is 10.6. The molecule has 0 aliphatic rings. The number of ether oxygens (including phenoxy) is 2. The van der Waals surface area contributed by atoms with Gasteiger partial charge in [-0.3, -0.25) is 0 Å². The van der Waals surface area contributed by atoms with Gasteiger partial charge in [-0.2, -0.15) is 0 Å². The maximum atomic E-state index is 11.0. The third-order valence-corrected chi connectivity index (χ3v) is 1.25. The molecule has 0 rings (SSSR count). The fourth-order valence-electron chi connectivity index (χ4n) is 0.676. The molecule has 0 aliphatic carbocycles. The van der Waals surface area contributed by atoms with Gasteiger partial charge in [-0.15, -0.1) is 0 Å². The summed E-state index contributed by atoms with van der Waals surface area (Å²) in [5.41, 5.74) is 0. The molecule has 0 heterocycles. The summed E-state index contributed by atoms with van der Waals surface area (Å²) >= 11 is 0. The molecular weight excluding hydrogens is 184 g/mol. The van der Waals surface area contributed by atoms with Gasteiger partial charge in [0, 0.05) is 0 Å². The molecule has 0 spiro atoms. The van der Waals surface area contributed by atoms with E-state index in [1.54, 1.807) is 0 Å². The highest BCUT2D eigenvalue weighted by Crippen LogP contribution is 1.73. The minimum atomic E-state index is -0.245. The van der Waals surface area contributed by atoms with Gasteiger partial charge in [-0.05, 0) is 0 Å². The lowest BCUT2D eigenvalue weighted by Gasteiger charge is -2.06. The van der Waals surface area contributed by atoms with Crippen LogP contribution in [0.1, 0.15) is 0 Å². The molecule has 0 bridgehead atoms. The van der Waals surface area contributed by atoms with Crippen LogP contribution in [0.25, 0.3) is 0 Å². The Kier molecular flexibility index (Phi) is 8.33. The molecule has 14 heavy (non-hydrogen) atoms. The molecule has 2 N–H and O–H groups in total. The summed E-state index contributed by atoms with van der Waals surface area (Å²) < 4.78 is 9.62. The van der Waals surface area contributed by atoms with Gasteiger partial charge in [0.1, 0.15) is 13.2 Å². The largest absolute Gasteiger partial charge is 0.500 e. The molecule has 0 unspecified atom stereocenters. The summed E-state index contributed by atoms with van der Waals surface area (Å²) in [5.74, 6) is 0. The van der Waals surface area contributed by atoms with Crippen molar-refractivity contribution in [3.8, 4) is 0 Å². The number of rotatable bonds is 8. The van der Waals surface area contributed by atoms with Crippen LogP contribution in [-0.4, -0.2) is 32.3 Å². The minimum absolute atomic E-state index is 0.245. The Labute approximate surface area is 83.8 Å². The van der Waals surface area contributed by atoms with E-state index >= 15 is 0 Å². The summed E-state index contributed by atoms with van der Waals surface area (Å²) in [5, 5.41) is 5.18. The highest BCUT2D eigenvalue weighted by molar-refractivity contribution is 5.73. The molecule has 0 aromatic rings. The van der Waals surface area contributed by atoms with Crippen LogP contribution < -0.4 is 10.6 Å². The van der Waals surface area contributed by atoms with Crippen molar-refractivity contribution < 1.29 is 14.3 Å². The van der Waals surface area contributed by atoms with Gasteiger partial charge >= 0.3 is 6.03 Å². The second-order valence-corrected chi connectivity index (χ2v) is 2.26. The van der Waals surface area contributed by atoms with E-state index in [2.05, 4.69) is 23.8 Å². The highest BCUT2D eigenvalue weighted by Gasteiger charge is 1.96. The summed E-state index contributed by atoms with van der Waals surface area (Å²) in [4.78, 5) is 11.0. The quantitative estimate of drug-likeness (QED) is 0.445. The number of hydrogen-bond acceptors (Lipinski definition) is 3. The van der Waals surface area contributed by atoms with E-state index < -0.39 is 0 Å². The van der Waals surface area contributed by atoms with Crippen molar-refractivity contribution in [3.05, 3.63) is 25.7 Å². The Bertz CT molecular complexity index is 165. The Morgan fingerprint density at radius 3 is 1.86 bits per heavy atom. The van der Waals surface area contributed by atoms with Crippen molar-refractivity contribution in [2.45, 2.75) is 0 Å². The summed E-state index contributed by atoms with van der Waals surface area (Å²) in [6.07, 6.45) is 2.66. The van der Waals surface area contributed by atoms with E-state index in [-0.39, 0.29) is 6.03 Å². The van der Waals surface area contributed by atoms with Crippen LogP contribution in [-0.2, 0) is 9.47 Å². The first-order chi connectivity index (χ1) is 6.81. The monoisotopic (exact) mass is 200 g/mol. The zero-order valence-electron chi connectivity index (χ0n) is 8.12. The third kappa shape index (κ3) is 8.45. The van der Waals surface area contributed by atoms with E-state index in [0.717, 1.165) is 0 Å². The maximum Gasteiger partial charge on any atom is 0.315 e. The van der Waals surface area contributed by atoms with Crippen LogP contribution in [0.4, 0.5) is 4.79 Å². The molecule has 0 saturated heterocycles. The standard InChI is InChI=1S/C9H16N2O3/c1-3-13-7-5-10-9(12)11-6-8-14-4-2/h3-4H,1-2,5-8H2,(H2,10,11,12). The van der Waals surface area contributed by atoms with Crippen LogP contribution in [0.3, 0.4) is 0 Å². The van der Waals surface area contributed by atoms with Crippen LogP contribution in [0.5, 0.6) is 0 Å². The topological polar surface area (TPSA) is 59.6 Å². The number of hydrogen-bond donors (Lipinski definition) is 2. The van der Waals surface area contributed by atoms with Gasteiger partial charge in [0.15, 0.2) is 0 Å². The molecule has 80 valence electrons. The predicted molar refractivity (Wildman–Crippen MR) is 53.7 cm³/mol. The highest BCUT2D eigenvalue weighted by atomic mass is 16.5. The van der Waals surface area contributed by atoms with E-state index in [0.29, 0.717) is 26.3 Å². The molecule has 2 amide bonds. The van der Waals surface area contributed by atoms with Gasteiger partial charge in [-0.25, -0.2) is 4.79 Å². The van der Waals surface area contributed by atoms with Crippen molar-refractivity contribution in [2.24, 2.45) is 0 Å². The normalized spacial score (nSPS) is 8.57. The number of urea groups is 1. The maximum absolute atomic E-state index is 11.0. The average molecular weight is 200 g/mol. The van der Waals surface area contributed by atoms with Crippen LogP contribution in [0, 0.1) is 0 Å².